The average molecular weight is 265 g/mol. The molecule has 98 valence electrons. The Morgan fingerprint density at radius 1 is 1.05 bits per heavy atom. The fraction of sp³-hybridized carbons (Fsp3) is 0. The minimum absolute atomic E-state index is 0.191. The molecule has 2 N–H and O–H groups in total. The van der Waals surface area contributed by atoms with Gasteiger partial charge in [-0.1, -0.05) is 18.2 Å². The second-order valence-electron chi connectivity index (χ2n) is 4.16. The van der Waals surface area contributed by atoms with E-state index in [-0.39, 0.29) is 11.4 Å². The zero-order valence-electron chi connectivity index (χ0n) is 10.5. The lowest BCUT2D eigenvalue weighted by molar-refractivity contribution is 0.542. The van der Waals surface area contributed by atoms with Crippen molar-refractivity contribution < 1.29 is 4.42 Å². The SMILES string of the molecule is Nc1cccc(-c2ccccn2)c1-c1nc(=O)cco1. The lowest BCUT2D eigenvalue weighted by Crippen LogP contribution is -2.05. The number of pyridine rings is 1. The third-order valence-electron chi connectivity index (χ3n) is 2.85. The van der Waals surface area contributed by atoms with Crippen LogP contribution >= 0.6 is 0 Å². The van der Waals surface area contributed by atoms with Crippen molar-refractivity contribution in [2.75, 3.05) is 5.73 Å². The number of nitrogens with two attached hydrogens (primary N) is 1. The molecule has 0 atom stereocenters. The highest BCUT2D eigenvalue weighted by atomic mass is 16.3. The van der Waals surface area contributed by atoms with E-state index in [2.05, 4.69) is 9.97 Å². The van der Waals surface area contributed by atoms with Crippen molar-refractivity contribution in [3.05, 3.63) is 65.3 Å². The molecule has 1 aromatic carbocycles. The monoisotopic (exact) mass is 265 g/mol. The third kappa shape index (κ3) is 2.16. The third-order valence-corrected chi connectivity index (χ3v) is 2.85. The molecule has 0 saturated heterocycles. The first-order valence-corrected chi connectivity index (χ1v) is 6.02. The smallest absolute Gasteiger partial charge is 0.276 e. The molecule has 2 aromatic heterocycles. The van der Waals surface area contributed by atoms with Gasteiger partial charge in [0.2, 0.25) is 5.89 Å². The Morgan fingerprint density at radius 2 is 1.95 bits per heavy atom. The maximum absolute atomic E-state index is 11.4. The normalized spacial score (nSPS) is 10.4. The van der Waals surface area contributed by atoms with Crippen LogP contribution in [0.3, 0.4) is 0 Å². The zero-order chi connectivity index (χ0) is 13.9. The summed E-state index contributed by atoms with van der Waals surface area (Å²) in [5, 5.41) is 0. The van der Waals surface area contributed by atoms with Gasteiger partial charge in [0.05, 0.1) is 17.5 Å². The van der Waals surface area contributed by atoms with Crippen molar-refractivity contribution in [2.24, 2.45) is 0 Å². The van der Waals surface area contributed by atoms with E-state index in [4.69, 9.17) is 10.2 Å². The number of anilines is 1. The van der Waals surface area contributed by atoms with Crippen LogP contribution in [0.25, 0.3) is 22.7 Å². The van der Waals surface area contributed by atoms with Gasteiger partial charge in [-0.15, -0.1) is 0 Å². The molecule has 0 saturated carbocycles. The Bertz CT molecular complexity index is 797. The summed E-state index contributed by atoms with van der Waals surface area (Å²) >= 11 is 0. The highest BCUT2D eigenvalue weighted by molar-refractivity contribution is 5.86. The van der Waals surface area contributed by atoms with Crippen molar-refractivity contribution in [1.29, 1.82) is 0 Å². The lowest BCUT2D eigenvalue weighted by atomic mass is 10.0. The highest BCUT2D eigenvalue weighted by Crippen LogP contribution is 2.33. The molecule has 0 radical (unpaired) electrons. The summed E-state index contributed by atoms with van der Waals surface area (Å²) in [6, 6.07) is 12.2. The quantitative estimate of drug-likeness (QED) is 0.719. The summed E-state index contributed by atoms with van der Waals surface area (Å²) in [5.41, 5.74) is 8.20. The summed E-state index contributed by atoms with van der Waals surface area (Å²) in [6.45, 7) is 0. The first-order valence-electron chi connectivity index (χ1n) is 6.02. The minimum atomic E-state index is -0.374. The van der Waals surface area contributed by atoms with Crippen LogP contribution in [0.1, 0.15) is 0 Å². The molecule has 20 heavy (non-hydrogen) atoms. The first-order chi connectivity index (χ1) is 9.75. The fourth-order valence-electron chi connectivity index (χ4n) is 1.98. The van der Waals surface area contributed by atoms with Gasteiger partial charge in [-0.25, -0.2) is 0 Å². The van der Waals surface area contributed by atoms with Crippen molar-refractivity contribution in [3.63, 3.8) is 0 Å². The second-order valence-corrected chi connectivity index (χ2v) is 4.16. The van der Waals surface area contributed by atoms with Crippen molar-refractivity contribution in [2.45, 2.75) is 0 Å². The van der Waals surface area contributed by atoms with E-state index in [9.17, 15) is 4.79 Å². The standard InChI is InChI=1S/C15H11N3O2/c16-11-5-3-4-10(12-6-1-2-8-17-12)14(11)15-18-13(19)7-9-20-15/h1-9H,16H2. The van der Waals surface area contributed by atoms with Gasteiger partial charge in [0.25, 0.3) is 5.56 Å². The second kappa shape index (κ2) is 4.97. The van der Waals surface area contributed by atoms with Gasteiger partial charge in [-0.2, -0.15) is 4.98 Å². The molecule has 2 heterocycles. The van der Waals surface area contributed by atoms with E-state index in [1.54, 1.807) is 12.3 Å². The number of hydrogen-bond acceptors (Lipinski definition) is 5. The number of rotatable bonds is 2. The summed E-state index contributed by atoms with van der Waals surface area (Å²) in [7, 11) is 0. The topological polar surface area (TPSA) is 82.0 Å². The largest absolute Gasteiger partial charge is 0.446 e. The van der Waals surface area contributed by atoms with E-state index >= 15 is 0 Å². The molecule has 0 amide bonds. The first kappa shape index (κ1) is 12.1. The Morgan fingerprint density at radius 3 is 2.70 bits per heavy atom. The molecular weight excluding hydrogens is 254 g/mol. The molecule has 0 spiro atoms. The lowest BCUT2D eigenvalue weighted by Gasteiger charge is -2.09. The van der Waals surface area contributed by atoms with Crippen LogP contribution in [0, 0.1) is 0 Å². The van der Waals surface area contributed by atoms with Gasteiger partial charge in [0.1, 0.15) is 0 Å². The van der Waals surface area contributed by atoms with E-state index in [1.807, 2.05) is 30.3 Å². The maximum atomic E-state index is 11.4. The van der Waals surface area contributed by atoms with E-state index < -0.39 is 0 Å². The van der Waals surface area contributed by atoms with Crippen molar-refractivity contribution in [3.8, 4) is 22.7 Å². The summed E-state index contributed by atoms with van der Waals surface area (Å²) in [5.74, 6) is 0.191. The Balaban J connectivity index is 2.28. The van der Waals surface area contributed by atoms with Gasteiger partial charge in [-0.05, 0) is 18.2 Å². The van der Waals surface area contributed by atoms with E-state index in [1.165, 1.54) is 12.3 Å². The predicted molar refractivity (Wildman–Crippen MR) is 75.9 cm³/mol. The zero-order valence-corrected chi connectivity index (χ0v) is 10.5. The Labute approximate surface area is 114 Å². The number of benzene rings is 1. The molecule has 0 bridgehead atoms. The van der Waals surface area contributed by atoms with Gasteiger partial charge >= 0.3 is 0 Å². The predicted octanol–water partition coefficient (Wildman–Crippen LogP) is 2.35. The molecule has 0 aliphatic rings. The number of nitrogen functional groups attached to an aromatic ring is 1. The van der Waals surface area contributed by atoms with Crippen LogP contribution in [0.2, 0.25) is 0 Å². The summed E-state index contributed by atoms with van der Waals surface area (Å²) in [6.07, 6.45) is 3.00. The number of nitrogens with zero attached hydrogens (tertiary/aromatic N) is 2. The van der Waals surface area contributed by atoms with Gasteiger partial charge in [0, 0.05) is 23.5 Å². The summed E-state index contributed by atoms with van der Waals surface area (Å²) in [4.78, 5) is 19.6. The maximum Gasteiger partial charge on any atom is 0.276 e. The molecule has 3 aromatic rings. The van der Waals surface area contributed by atoms with Crippen molar-refractivity contribution >= 4 is 5.69 Å². The molecule has 0 aliphatic heterocycles. The van der Waals surface area contributed by atoms with Crippen LogP contribution in [-0.2, 0) is 0 Å². The molecule has 0 fully saturated rings. The Hall–Kier alpha value is -2.95. The average Bonchev–Trinajstić information content (AvgIpc) is 2.48. The van der Waals surface area contributed by atoms with Crippen molar-refractivity contribution in [1.82, 2.24) is 9.97 Å². The van der Waals surface area contributed by atoms with Crippen LogP contribution in [0.15, 0.2) is 64.1 Å². The van der Waals surface area contributed by atoms with Crippen LogP contribution in [-0.4, -0.2) is 9.97 Å². The van der Waals surface area contributed by atoms with Gasteiger partial charge < -0.3 is 10.2 Å². The van der Waals surface area contributed by atoms with Gasteiger partial charge in [-0.3, -0.25) is 9.78 Å². The molecule has 5 nitrogen and oxygen atoms in total. The van der Waals surface area contributed by atoms with Gasteiger partial charge in [0.15, 0.2) is 0 Å². The van der Waals surface area contributed by atoms with E-state index in [0.717, 1.165) is 11.3 Å². The molecule has 3 rings (SSSR count). The summed E-state index contributed by atoms with van der Waals surface area (Å²) < 4.78 is 5.32. The highest BCUT2D eigenvalue weighted by Gasteiger charge is 2.15. The number of aromatic nitrogens is 2. The molecule has 5 heteroatoms. The van der Waals surface area contributed by atoms with Crippen LogP contribution in [0.4, 0.5) is 5.69 Å². The minimum Gasteiger partial charge on any atom is -0.446 e. The Kier molecular flexibility index (Phi) is 3.01. The molecule has 0 unspecified atom stereocenters. The van der Waals surface area contributed by atoms with Crippen LogP contribution in [0.5, 0.6) is 0 Å². The van der Waals surface area contributed by atoms with Crippen LogP contribution < -0.4 is 11.3 Å². The fourth-order valence-corrected chi connectivity index (χ4v) is 1.98. The molecular formula is C15H11N3O2. The van der Waals surface area contributed by atoms with E-state index in [0.29, 0.717) is 11.3 Å². The molecule has 0 aliphatic carbocycles. The number of hydrogen-bond donors (Lipinski definition) is 1.